The molecule has 2 aromatic carbocycles. The Bertz CT molecular complexity index is 1990. The molecule has 0 amide bonds. The van der Waals surface area contributed by atoms with Crippen molar-refractivity contribution in [2.75, 3.05) is 22.9 Å². The van der Waals surface area contributed by atoms with Gasteiger partial charge in [0.2, 0.25) is 0 Å². The number of carbonyl (C=O) groups is 1. The SMILES string of the molecule is CC[C@H](C(=N)C(C(=O)C(C(=N)[C@@H](CC)c1ccnc(N2CCc3ccccc32)c1)[C@@H](N)C1CCCCC1)[C@@H](N)C1CCCCC1)c1ccnc(N2CCc3ccccc32)c1. The molecule has 4 aliphatic rings. The highest BCUT2D eigenvalue weighted by molar-refractivity contribution is 6.16. The smallest absolute Gasteiger partial charge is 0.153 e. The normalized spacial score (nSPS) is 20.1. The van der Waals surface area contributed by atoms with Crippen LogP contribution in [0.3, 0.4) is 0 Å². The Hall–Kier alpha value is -4.73. The molecule has 4 heterocycles. The van der Waals surface area contributed by atoms with Gasteiger partial charge in [0.25, 0.3) is 0 Å². The molecular weight excluding hydrogens is 741 g/mol. The minimum absolute atomic E-state index is 0.122. The van der Waals surface area contributed by atoms with Gasteiger partial charge in [-0.1, -0.05) is 88.8 Å². The Morgan fingerprint density at radius 2 is 1.03 bits per heavy atom. The van der Waals surface area contributed by atoms with E-state index in [4.69, 9.17) is 21.4 Å². The van der Waals surface area contributed by atoms with Gasteiger partial charge in [0, 0.05) is 72.2 Å². The maximum Gasteiger partial charge on any atom is 0.153 e. The summed E-state index contributed by atoms with van der Waals surface area (Å²) in [5.41, 5.74) is 22.5. The summed E-state index contributed by atoms with van der Waals surface area (Å²) in [5, 5.41) is 20.4. The van der Waals surface area contributed by atoms with Crippen molar-refractivity contribution >= 4 is 40.2 Å². The highest BCUT2D eigenvalue weighted by atomic mass is 16.1. The summed E-state index contributed by atoms with van der Waals surface area (Å²) < 4.78 is 0. The average Bonchev–Trinajstić information content (AvgIpc) is 3.93. The summed E-state index contributed by atoms with van der Waals surface area (Å²) in [6.45, 7) is 5.92. The van der Waals surface area contributed by atoms with E-state index in [1.807, 2.05) is 24.5 Å². The molecule has 6 N–H and O–H groups in total. The number of anilines is 4. The van der Waals surface area contributed by atoms with Gasteiger partial charge in [-0.25, -0.2) is 9.97 Å². The molecule has 0 bridgehead atoms. The minimum atomic E-state index is -0.853. The fourth-order valence-electron chi connectivity index (χ4n) is 11.3. The van der Waals surface area contributed by atoms with Crippen molar-refractivity contribution < 1.29 is 4.79 Å². The van der Waals surface area contributed by atoms with Crippen LogP contribution < -0.4 is 21.3 Å². The van der Waals surface area contributed by atoms with Gasteiger partial charge in [-0.2, -0.15) is 0 Å². The number of para-hydroxylation sites is 2. The minimum Gasteiger partial charge on any atom is -0.326 e. The fraction of sp³-hybridized carbons (Fsp3) is 0.510. The largest absolute Gasteiger partial charge is 0.326 e. The van der Waals surface area contributed by atoms with E-state index in [-0.39, 0.29) is 29.5 Å². The van der Waals surface area contributed by atoms with Crippen LogP contribution in [0.2, 0.25) is 0 Å². The predicted octanol–water partition coefficient (Wildman–Crippen LogP) is 10.2. The van der Waals surface area contributed by atoms with E-state index in [1.165, 1.54) is 35.3 Å². The second-order valence-corrected chi connectivity index (χ2v) is 18.1. The summed E-state index contributed by atoms with van der Waals surface area (Å²) in [5.74, 6) is -0.499. The van der Waals surface area contributed by atoms with Crippen molar-refractivity contribution in [3.8, 4) is 0 Å². The molecule has 2 fully saturated rings. The third-order valence-electron chi connectivity index (χ3n) is 14.7. The average molecular weight is 807 g/mol. The summed E-state index contributed by atoms with van der Waals surface area (Å²) in [7, 11) is 0. The molecule has 2 aromatic heterocycles. The molecule has 0 saturated heterocycles. The van der Waals surface area contributed by atoms with Gasteiger partial charge in [-0.05, 0) is 122 Å². The first-order chi connectivity index (χ1) is 29.3. The number of benzene rings is 2. The first kappa shape index (κ1) is 42.0. The van der Waals surface area contributed by atoms with Crippen molar-refractivity contribution in [2.24, 2.45) is 35.1 Å². The van der Waals surface area contributed by atoms with E-state index in [9.17, 15) is 10.8 Å². The summed E-state index contributed by atoms with van der Waals surface area (Å²) in [4.78, 5) is 30.1. The molecular formula is C51H66N8O. The van der Waals surface area contributed by atoms with Crippen molar-refractivity contribution in [3.63, 3.8) is 0 Å². The number of nitrogens with two attached hydrogens (primary N) is 2. The number of fused-ring (bicyclic) bond motifs is 2. The highest BCUT2D eigenvalue weighted by Crippen LogP contribution is 2.41. The van der Waals surface area contributed by atoms with Crippen molar-refractivity contribution in [1.29, 1.82) is 10.8 Å². The molecule has 60 heavy (non-hydrogen) atoms. The van der Waals surface area contributed by atoms with Crippen LogP contribution in [0.15, 0.2) is 85.2 Å². The quantitative estimate of drug-likeness (QED) is 0.0824. The van der Waals surface area contributed by atoms with E-state index in [0.717, 1.165) is 100 Å². The number of carbonyl (C=O) groups excluding carboxylic acids is 1. The zero-order chi connectivity index (χ0) is 41.8. The molecule has 316 valence electrons. The monoisotopic (exact) mass is 807 g/mol. The van der Waals surface area contributed by atoms with Crippen LogP contribution in [0.4, 0.5) is 23.0 Å². The lowest BCUT2D eigenvalue weighted by Gasteiger charge is -2.40. The maximum atomic E-state index is 15.9. The number of ketones is 1. The molecule has 6 atom stereocenters. The van der Waals surface area contributed by atoms with Gasteiger partial charge >= 0.3 is 0 Å². The molecule has 0 spiro atoms. The van der Waals surface area contributed by atoms with E-state index >= 15 is 4.79 Å². The molecule has 9 heteroatoms. The van der Waals surface area contributed by atoms with E-state index < -0.39 is 23.9 Å². The van der Waals surface area contributed by atoms with Gasteiger partial charge in [-0.3, -0.25) is 4.79 Å². The molecule has 2 unspecified atom stereocenters. The zero-order valence-electron chi connectivity index (χ0n) is 35.9. The number of Topliss-reactive ketones (excluding diaryl/α,β-unsaturated/α-hetero) is 1. The number of nitrogens with zero attached hydrogens (tertiary/aromatic N) is 4. The number of hydrogen-bond acceptors (Lipinski definition) is 9. The van der Waals surface area contributed by atoms with Crippen molar-refractivity contribution in [3.05, 3.63) is 107 Å². The third kappa shape index (κ3) is 8.45. The van der Waals surface area contributed by atoms with Crippen molar-refractivity contribution in [2.45, 2.75) is 128 Å². The van der Waals surface area contributed by atoms with Crippen molar-refractivity contribution in [1.82, 2.24) is 9.97 Å². The fourth-order valence-corrected chi connectivity index (χ4v) is 11.3. The van der Waals surface area contributed by atoms with E-state index in [0.29, 0.717) is 24.3 Å². The lowest BCUT2D eigenvalue weighted by molar-refractivity contribution is -0.124. The third-order valence-corrected chi connectivity index (χ3v) is 14.7. The Morgan fingerprint density at radius 3 is 1.43 bits per heavy atom. The van der Waals surface area contributed by atoms with Crippen LogP contribution in [0, 0.1) is 34.5 Å². The van der Waals surface area contributed by atoms with Gasteiger partial charge in [0.15, 0.2) is 5.78 Å². The Balaban J connectivity index is 1.15. The lowest BCUT2D eigenvalue weighted by Crippen LogP contribution is -2.55. The van der Waals surface area contributed by atoms with Gasteiger partial charge in [0.1, 0.15) is 11.6 Å². The number of rotatable bonds is 16. The standard InChI is InChI=1S/C51H66N8O/c1-3-39(37-23-27-56-43(31-37)58-29-25-33-15-11-13-21-41(33)58)49(54)45(47(52)35-17-7-5-8-18-35)51(60)46(48(53)36-19-9-6-10-20-36)50(55)40(4-2)38-24-28-57-44(32-38)59-30-26-34-16-12-14-22-42(34)59/h11-16,21-24,27-28,31-32,35-36,39-40,45-48,54-55H,3-10,17-20,25-26,29-30,52-53H2,1-2H3/t39-,40-,45?,46?,47-,48-/m0/s1. The summed E-state index contributed by atoms with van der Waals surface area (Å²) in [6.07, 6.45) is 17.4. The second-order valence-electron chi connectivity index (χ2n) is 18.1. The number of nitrogens with one attached hydrogen (secondary N) is 2. The predicted molar refractivity (Wildman–Crippen MR) is 245 cm³/mol. The molecule has 4 aromatic rings. The van der Waals surface area contributed by atoms with Gasteiger partial charge < -0.3 is 32.1 Å². The van der Waals surface area contributed by atoms with Crippen LogP contribution in [0.5, 0.6) is 0 Å². The number of pyridine rings is 2. The Labute approximate surface area is 357 Å². The van der Waals surface area contributed by atoms with Gasteiger partial charge in [0.05, 0.1) is 11.8 Å². The topological polar surface area (TPSA) is 149 Å². The molecule has 9 nitrogen and oxygen atoms in total. The first-order valence-corrected chi connectivity index (χ1v) is 23.1. The summed E-state index contributed by atoms with van der Waals surface area (Å²) in [6, 6.07) is 24.2. The molecule has 2 aliphatic heterocycles. The molecule has 0 radical (unpaired) electrons. The molecule has 2 aliphatic carbocycles. The van der Waals surface area contributed by atoms with Crippen LogP contribution >= 0.6 is 0 Å². The first-order valence-electron chi connectivity index (χ1n) is 23.1. The Morgan fingerprint density at radius 1 is 0.633 bits per heavy atom. The van der Waals surface area contributed by atoms with Crippen LogP contribution in [0.1, 0.15) is 125 Å². The van der Waals surface area contributed by atoms with E-state index in [2.05, 4.69) is 84.3 Å². The van der Waals surface area contributed by atoms with E-state index in [1.54, 1.807) is 0 Å². The van der Waals surface area contributed by atoms with Gasteiger partial charge in [-0.15, -0.1) is 0 Å². The lowest BCUT2D eigenvalue weighted by atomic mass is 9.66. The molecule has 2 saturated carbocycles. The Kier molecular flexibility index (Phi) is 13.2. The summed E-state index contributed by atoms with van der Waals surface area (Å²) >= 11 is 0. The van der Waals surface area contributed by atoms with Crippen LogP contribution in [-0.4, -0.2) is 52.3 Å². The zero-order valence-corrected chi connectivity index (χ0v) is 35.9. The van der Waals surface area contributed by atoms with Crippen LogP contribution in [-0.2, 0) is 17.6 Å². The molecule has 8 rings (SSSR count). The second kappa shape index (κ2) is 18.9. The highest BCUT2D eigenvalue weighted by Gasteiger charge is 2.46. The maximum absolute atomic E-state index is 15.9. The number of hydrogen-bond donors (Lipinski definition) is 4. The number of aromatic nitrogens is 2. The van der Waals surface area contributed by atoms with Crippen LogP contribution in [0.25, 0.3) is 0 Å².